The average Bonchev–Trinajstić information content (AvgIpc) is 2.65. The van der Waals surface area contributed by atoms with E-state index >= 15 is 0 Å². The molecule has 0 amide bonds. The highest BCUT2D eigenvalue weighted by molar-refractivity contribution is 5.96. The van der Waals surface area contributed by atoms with Gasteiger partial charge in [0, 0.05) is 5.39 Å². The van der Waals surface area contributed by atoms with Crippen molar-refractivity contribution in [3.63, 3.8) is 0 Å². The van der Waals surface area contributed by atoms with Crippen LogP contribution in [-0.2, 0) is 10.9 Å². The Morgan fingerprint density at radius 2 is 2.06 bits per heavy atom. The number of carbonyl (C=O) groups is 1. The van der Waals surface area contributed by atoms with Gasteiger partial charge in [-0.25, -0.2) is 4.79 Å². The van der Waals surface area contributed by atoms with Crippen molar-refractivity contribution in [1.82, 2.24) is 4.73 Å². The number of halogens is 3. The van der Waals surface area contributed by atoms with Gasteiger partial charge in [0.2, 0.25) is 0 Å². The van der Waals surface area contributed by atoms with Crippen LogP contribution < -0.4 is 0 Å². The summed E-state index contributed by atoms with van der Waals surface area (Å²) in [6.45, 7) is 0. The van der Waals surface area contributed by atoms with E-state index in [1.807, 2.05) is 0 Å². The number of methoxy groups -OCH3 is 1. The van der Waals surface area contributed by atoms with Gasteiger partial charge in [0.15, 0.2) is 5.69 Å². The maximum atomic E-state index is 12.7. The fourth-order valence-electron chi connectivity index (χ4n) is 1.71. The molecule has 0 aliphatic heterocycles. The van der Waals surface area contributed by atoms with Crippen molar-refractivity contribution < 1.29 is 27.9 Å². The van der Waals surface area contributed by atoms with Gasteiger partial charge in [-0.15, -0.1) is 0 Å². The quantitative estimate of drug-likeness (QED) is 0.632. The molecule has 0 aliphatic carbocycles. The van der Waals surface area contributed by atoms with Crippen LogP contribution in [0.25, 0.3) is 10.9 Å². The molecule has 96 valence electrons. The molecule has 0 spiro atoms. The van der Waals surface area contributed by atoms with Crippen LogP contribution in [0.1, 0.15) is 16.1 Å². The molecule has 0 unspecified atom stereocenters. The molecular weight excluding hydrogens is 251 g/mol. The fraction of sp³-hybridized carbons (Fsp3) is 0.182. The van der Waals surface area contributed by atoms with Crippen LogP contribution in [0.5, 0.6) is 0 Å². The second-order valence-corrected chi connectivity index (χ2v) is 3.57. The first kappa shape index (κ1) is 12.3. The van der Waals surface area contributed by atoms with Gasteiger partial charge >= 0.3 is 12.1 Å². The number of rotatable bonds is 1. The van der Waals surface area contributed by atoms with E-state index in [0.717, 1.165) is 25.3 Å². The minimum atomic E-state index is -4.56. The van der Waals surface area contributed by atoms with Gasteiger partial charge < -0.3 is 9.94 Å². The SMILES string of the molecule is COC(=O)c1cc2c(C(F)(F)F)cccc2n1O. The summed E-state index contributed by atoms with van der Waals surface area (Å²) in [4.78, 5) is 11.3. The molecule has 0 saturated heterocycles. The van der Waals surface area contributed by atoms with Crippen molar-refractivity contribution in [1.29, 1.82) is 0 Å². The Morgan fingerprint density at radius 1 is 1.39 bits per heavy atom. The third-order valence-electron chi connectivity index (χ3n) is 2.52. The normalized spacial score (nSPS) is 11.8. The summed E-state index contributed by atoms with van der Waals surface area (Å²) in [7, 11) is 1.07. The van der Waals surface area contributed by atoms with E-state index < -0.39 is 17.7 Å². The predicted molar refractivity (Wildman–Crippen MR) is 55.5 cm³/mol. The first-order valence-corrected chi connectivity index (χ1v) is 4.85. The number of aromatic nitrogens is 1. The Bertz CT molecular complexity index is 616. The zero-order valence-electron chi connectivity index (χ0n) is 9.15. The molecule has 1 aromatic carbocycles. The summed E-state index contributed by atoms with van der Waals surface area (Å²) < 4.78 is 43.0. The van der Waals surface area contributed by atoms with Crippen LogP contribution in [-0.4, -0.2) is 23.0 Å². The molecule has 1 aromatic heterocycles. The number of fused-ring (bicyclic) bond motifs is 1. The second kappa shape index (κ2) is 3.94. The highest BCUT2D eigenvalue weighted by Crippen LogP contribution is 2.35. The van der Waals surface area contributed by atoms with E-state index in [2.05, 4.69) is 4.74 Å². The van der Waals surface area contributed by atoms with E-state index in [-0.39, 0.29) is 16.6 Å². The largest absolute Gasteiger partial charge is 0.464 e. The van der Waals surface area contributed by atoms with Crippen LogP contribution in [0.3, 0.4) is 0 Å². The Labute approximate surface area is 99.1 Å². The number of carbonyl (C=O) groups excluding carboxylic acids is 1. The lowest BCUT2D eigenvalue weighted by Gasteiger charge is -2.07. The summed E-state index contributed by atoms with van der Waals surface area (Å²) in [6.07, 6.45) is -4.56. The van der Waals surface area contributed by atoms with Gasteiger partial charge in [0.05, 0.1) is 18.2 Å². The fourth-order valence-corrected chi connectivity index (χ4v) is 1.71. The van der Waals surface area contributed by atoms with Crippen LogP contribution in [0.4, 0.5) is 13.2 Å². The predicted octanol–water partition coefficient (Wildman–Crippen LogP) is 2.68. The van der Waals surface area contributed by atoms with Gasteiger partial charge in [-0.2, -0.15) is 17.9 Å². The minimum Gasteiger partial charge on any atom is -0.464 e. The molecule has 0 atom stereocenters. The molecule has 0 saturated carbocycles. The average molecular weight is 259 g/mol. The molecule has 0 bridgehead atoms. The van der Waals surface area contributed by atoms with Crippen LogP contribution >= 0.6 is 0 Å². The Balaban J connectivity index is 2.76. The van der Waals surface area contributed by atoms with Crippen LogP contribution in [0, 0.1) is 0 Å². The monoisotopic (exact) mass is 259 g/mol. The molecule has 4 nitrogen and oxygen atoms in total. The third-order valence-corrected chi connectivity index (χ3v) is 2.52. The molecule has 0 radical (unpaired) electrons. The minimum absolute atomic E-state index is 0.106. The van der Waals surface area contributed by atoms with Gasteiger partial charge in [-0.05, 0) is 18.2 Å². The topological polar surface area (TPSA) is 51.5 Å². The smallest absolute Gasteiger partial charge is 0.417 e. The lowest BCUT2D eigenvalue weighted by molar-refractivity contribution is -0.136. The number of nitrogens with zero attached hydrogens (tertiary/aromatic N) is 1. The Kier molecular flexibility index (Phi) is 2.68. The second-order valence-electron chi connectivity index (χ2n) is 3.57. The zero-order valence-corrected chi connectivity index (χ0v) is 9.15. The van der Waals surface area contributed by atoms with Gasteiger partial charge in [-0.3, -0.25) is 0 Å². The van der Waals surface area contributed by atoms with Crippen LogP contribution in [0.15, 0.2) is 24.3 Å². The molecule has 0 aliphatic rings. The maximum absolute atomic E-state index is 12.7. The number of esters is 1. The molecule has 2 rings (SSSR count). The van der Waals surface area contributed by atoms with E-state index in [4.69, 9.17) is 0 Å². The number of ether oxygens (including phenoxy) is 1. The summed E-state index contributed by atoms with van der Waals surface area (Å²) in [5.41, 5.74) is -1.38. The summed E-state index contributed by atoms with van der Waals surface area (Å²) >= 11 is 0. The summed E-state index contributed by atoms with van der Waals surface area (Å²) in [5, 5.41) is 9.37. The summed E-state index contributed by atoms with van der Waals surface area (Å²) in [6, 6.07) is 4.25. The van der Waals surface area contributed by atoms with Crippen molar-refractivity contribution in [3.8, 4) is 0 Å². The van der Waals surface area contributed by atoms with Crippen molar-refractivity contribution in [2.75, 3.05) is 7.11 Å². The Morgan fingerprint density at radius 3 is 2.61 bits per heavy atom. The van der Waals surface area contributed by atoms with E-state index in [1.54, 1.807) is 0 Å². The number of alkyl halides is 3. The number of hydrogen-bond donors (Lipinski definition) is 1. The summed E-state index contributed by atoms with van der Waals surface area (Å²) in [5.74, 6) is -0.915. The van der Waals surface area contributed by atoms with Crippen molar-refractivity contribution >= 4 is 16.9 Å². The standard InChI is InChI=1S/C11H8F3NO3/c1-18-10(16)9-5-6-7(11(12,13)14)3-2-4-8(6)15(9)17/h2-5,17H,1H3. The lowest BCUT2D eigenvalue weighted by atomic mass is 10.1. The molecule has 0 fully saturated rings. The molecule has 18 heavy (non-hydrogen) atoms. The first-order chi connectivity index (χ1) is 8.36. The van der Waals surface area contributed by atoms with Gasteiger partial charge in [-0.1, -0.05) is 6.07 Å². The van der Waals surface area contributed by atoms with Crippen molar-refractivity contribution in [2.45, 2.75) is 6.18 Å². The van der Waals surface area contributed by atoms with E-state index in [9.17, 15) is 23.2 Å². The van der Waals surface area contributed by atoms with Gasteiger partial charge in [0.1, 0.15) is 0 Å². The molecule has 1 N–H and O–H groups in total. The molecular formula is C11H8F3NO3. The lowest BCUT2D eigenvalue weighted by Crippen LogP contribution is -2.07. The molecule has 2 aromatic rings. The van der Waals surface area contributed by atoms with E-state index in [0.29, 0.717) is 4.73 Å². The highest BCUT2D eigenvalue weighted by atomic mass is 19.4. The van der Waals surface area contributed by atoms with E-state index in [1.165, 1.54) is 6.07 Å². The first-order valence-electron chi connectivity index (χ1n) is 4.85. The Hall–Kier alpha value is -2.18. The molecule has 1 heterocycles. The van der Waals surface area contributed by atoms with Gasteiger partial charge in [0.25, 0.3) is 0 Å². The molecule has 7 heteroatoms. The highest BCUT2D eigenvalue weighted by Gasteiger charge is 2.34. The van der Waals surface area contributed by atoms with Crippen LogP contribution in [0.2, 0.25) is 0 Å². The van der Waals surface area contributed by atoms with Crippen molar-refractivity contribution in [2.24, 2.45) is 0 Å². The maximum Gasteiger partial charge on any atom is 0.417 e. The van der Waals surface area contributed by atoms with Crippen molar-refractivity contribution in [3.05, 3.63) is 35.5 Å². The zero-order chi connectivity index (χ0) is 13.5. The third kappa shape index (κ3) is 1.77. The number of hydrogen-bond acceptors (Lipinski definition) is 3. The number of benzene rings is 1.